The zero-order valence-electron chi connectivity index (χ0n) is 15.0. The molecule has 0 amide bonds. The van der Waals surface area contributed by atoms with Gasteiger partial charge in [-0.05, 0) is 38.1 Å². The zero-order valence-corrected chi connectivity index (χ0v) is 15.8. The predicted octanol–water partition coefficient (Wildman–Crippen LogP) is 3.01. The van der Waals surface area contributed by atoms with Gasteiger partial charge in [-0.1, -0.05) is 18.2 Å². The number of nitrogens with zero attached hydrogens (tertiary/aromatic N) is 2. The number of rotatable bonds is 5. The number of nitro benzene ring substituents is 1. The van der Waals surface area contributed by atoms with Crippen LogP contribution in [-0.4, -0.2) is 38.6 Å². The smallest absolute Gasteiger partial charge is 0.293 e. The van der Waals surface area contributed by atoms with Gasteiger partial charge in [0.1, 0.15) is 5.69 Å². The minimum atomic E-state index is -3.94. The van der Waals surface area contributed by atoms with Gasteiger partial charge in [0.05, 0.1) is 22.0 Å². The number of nitrogens with one attached hydrogen (secondary N) is 1. The van der Waals surface area contributed by atoms with Gasteiger partial charge in [-0.2, -0.15) is 0 Å². The van der Waals surface area contributed by atoms with Crippen LogP contribution in [0.5, 0.6) is 0 Å². The minimum Gasteiger partial charge on any atom is -0.372 e. The molecule has 0 radical (unpaired) electrons. The summed E-state index contributed by atoms with van der Waals surface area (Å²) in [6.07, 6.45) is -0.145. The van der Waals surface area contributed by atoms with E-state index in [0.29, 0.717) is 24.5 Å². The van der Waals surface area contributed by atoms with Crippen molar-refractivity contribution in [3.8, 4) is 0 Å². The third-order valence-corrected chi connectivity index (χ3v) is 5.62. The number of hydrogen-bond donors (Lipinski definition) is 1. The van der Waals surface area contributed by atoms with E-state index in [2.05, 4.69) is 4.72 Å². The van der Waals surface area contributed by atoms with Crippen LogP contribution in [0.1, 0.15) is 13.8 Å². The van der Waals surface area contributed by atoms with Crippen LogP contribution in [0.15, 0.2) is 53.4 Å². The second-order valence-corrected chi connectivity index (χ2v) is 8.22. The van der Waals surface area contributed by atoms with Crippen LogP contribution in [0.4, 0.5) is 17.1 Å². The lowest BCUT2D eigenvalue weighted by Gasteiger charge is -2.36. The van der Waals surface area contributed by atoms with Crippen LogP contribution in [-0.2, 0) is 14.8 Å². The maximum Gasteiger partial charge on any atom is 0.293 e. The Bertz CT molecular complexity index is 923. The Kier molecular flexibility index (Phi) is 5.33. The fourth-order valence-corrected chi connectivity index (χ4v) is 4.26. The molecule has 1 fully saturated rings. The lowest BCUT2D eigenvalue weighted by atomic mass is 10.2. The molecule has 2 atom stereocenters. The summed E-state index contributed by atoms with van der Waals surface area (Å²) in [5.41, 5.74) is 0.535. The Morgan fingerprint density at radius 2 is 1.74 bits per heavy atom. The molecule has 2 aromatic carbocycles. The predicted molar refractivity (Wildman–Crippen MR) is 103 cm³/mol. The minimum absolute atomic E-state index is 0.0727. The standard InChI is InChI=1S/C18H21N3O5S/c1-13-11-20(12-14(2)26-13)17-9-8-16(10-18(17)21(22)23)27(24,25)19-15-6-4-3-5-7-15/h3-10,13-14,19H,11-12H2,1-2H3/t13-,14+. The van der Waals surface area contributed by atoms with Crippen LogP contribution < -0.4 is 9.62 Å². The summed E-state index contributed by atoms with van der Waals surface area (Å²) in [4.78, 5) is 12.7. The highest BCUT2D eigenvalue weighted by Gasteiger charge is 2.29. The molecule has 27 heavy (non-hydrogen) atoms. The number of anilines is 2. The molecule has 9 heteroatoms. The first kappa shape index (κ1) is 19.1. The molecule has 144 valence electrons. The van der Waals surface area contributed by atoms with Gasteiger partial charge in [-0.3, -0.25) is 14.8 Å². The van der Waals surface area contributed by atoms with Gasteiger partial charge >= 0.3 is 0 Å². The summed E-state index contributed by atoms with van der Waals surface area (Å²) in [5.74, 6) is 0. The van der Waals surface area contributed by atoms with Gasteiger partial charge in [0, 0.05) is 24.8 Å². The number of benzene rings is 2. The molecule has 0 aliphatic carbocycles. The number of ether oxygens (including phenoxy) is 1. The van der Waals surface area contributed by atoms with Crippen LogP contribution in [0.3, 0.4) is 0 Å². The molecule has 0 aromatic heterocycles. The monoisotopic (exact) mass is 391 g/mol. The van der Waals surface area contributed by atoms with Gasteiger partial charge in [-0.25, -0.2) is 8.42 Å². The first-order chi connectivity index (χ1) is 12.8. The fourth-order valence-electron chi connectivity index (χ4n) is 3.18. The molecule has 0 unspecified atom stereocenters. The molecule has 1 heterocycles. The van der Waals surface area contributed by atoms with E-state index < -0.39 is 14.9 Å². The van der Waals surface area contributed by atoms with Crippen molar-refractivity contribution in [2.24, 2.45) is 0 Å². The quantitative estimate of drug-likeness (QED) is 0.621. The molecule has 2 aromatic rings. The fraction of sp³-hybridized carbons (Fsp3) is 0.333. The van der Waals surface area contributed by atoms with Gasteiger partial charge in [-0.15, -0.1) is 0 Å². The first-order valence-corrected chi connectivity index (χ1v) is 10.0. The van der Waals surface area contributed by atoms with E-state index in [4.69, 9.17) is 4.74 Å². The lowest BCUT2D eigenvalue weighted by Crippen LogP contribution is -2.45. The van der Waals surface area contributed by atoms with Crippen LogP contribution in [0, 0.1) is 10.1 Å². The lowest BCUT2D eigenvalue weighted by molar-refractivity contribution is -0.384. The SMILES string of the molecule is C[C@@H]1CN(c2ccc(S(=O)(=O)Nc3ccccc3)cc2[N+](=O)[O-])C[C@H](C)O1. The zero-order chi connectivity index (χ0) is 19.6. The van der Waals surface area contributed by atoms with Crippen molar-refractivity contribution < 1.29 is 18.1 Å². The highest BCUT2D eigenvalue weighted by atomic mass is 32.2. The van der Waals surface area contributed by atoms with E-state index in [1.54, 1.807) is 30.3 Å². The highest BCUT2D eigenvalue weighted by Crippen LogP contribution is 2.33. The molecule has 1 aliphatic heterocycles. The Labute approximate surface area is 158 Å². The van der Waals surface area contributed by atoms with Crippen LogP contribution in [0.2, 0.25) is 0 Å². The van der Waals surface area contributed by atoms with E-state index >= 15 is 0 Å². The van der Waals surface area contributed by atoms with Crippen molar-refractivity contribution in [2.45, 2.75) is 31.0 Å². The molecule has 1 saturated heterocycles. The summed E-state index contributed by atoms with van der Waals surface area (Å²) in [5, 5.41) is 11.6. The Balaban J connectivity index is 1.95. The van der Waals surface area contributed by atoms with Crippen molar-refractivity contribution >= 4 is 27.1 Å². The van der Waals surface area contributed by atoms with Gasteiger partial charge in [0.25, 0.3) is 15.7 Å². The van der Waals surface area contributed by atoms with E-state index in [1.165, 1.54) is 12.1 Å². The van der Waals surface area contributed by atoms with Crippen molar-refractivity contribution in [1.82, 2.24) is 0 Å². The van der Waals surface area contributed by atoms with Crippen molar-refractivity contribution in [3.63, 3.8) is 0 Å². The largest absolute Gasteiger partial charge is 0.372 e. The molecule has 1 N–H and O–H groups in total. The van der Waals surface area contributed by atoms with Crippen LogP contribution in [0.25, 0.3) is 0 Å². The number of sulfonamides is 1. The second kappa shape index (κ2) is 7.53. The van der Waals surface area contributed by atoms with E-state index in [1.807, 2.05) is 18.7 Å². The average Bonchev–Trinajstić information content (AvgIpc) is 2.60. The van der Waals surface area contributed by atoms with Crippen molar-refractivity contribution in [1.29, 1.82) is 0 Å². The second-order valence-electron chi connectivity index (χ2n) is 6.54. The summed E-state index contributed by atoms with van der Waals surface area (Å²) >= 11 is 0. The Hall–Kier alpha value is -2.65. The first-order valence-electron chi connectivity index (χ1n) is 8.53. The normalized spacial score (nSPS) is 20.3. The maximum atomic E-state index is 12.6. The molecular weight excluding hydrogens is 370 g/mol. The average molecular weight is 391 g/mol. The highest BCUT2D eigenvalue weighted by molar-refractivity contribution is 7.92. The molecule has 1 aliphatic rings. The Morgan fingerprint density at radius 1 is 1.11 bits per heavy atom. The number of morpholine rings is 1. The van der Waals surface area contributed by atoms with E-state index in [9.17, 15) is 18.5 Å². The number of para-hydroxylation sites is 1. The summed E-state index contributed by atoms with van der Waals surface area (Å²) < 4.78 is 33.3. The van der Waals surface area contributed by atoms with E-state index in [0.717, 1.165) is 6.07 Å². The third-order valence-electron chi connectivity index (χ3n) is 4.24. The van der Waals surface area contributed by atoms with Crippen molar-refractivity contribution in [2.75, 3.05) is 22.7 Å². The van der Waals surface area contributed by atoms with Gasteiger partial charge in [0.15, 0.2) is 0 Å². The van der Waals surface area contributed by atoms with Crippen LogP contribution >= 0.6 is 0 Å². The molecule has 0 spiro atoms. The number of nitro groups is 1. The maximum absolute atomic E-state index is 12.6. The number of hydrogen-bond acceptors (Lipinski definition) is 6. The Morgan fingerprint density at radius 3 is 2.33 bits per heavy atom. The summed E-state index contributed by atoms with van der Waals surface area (Å²) in [6, 6.07) is 12.4. The van der Waals surface area contributed by atoms with E-state index in [-0.39, 0.29) is 22.8 Å². The molecular formula is C18H21N3O5S. The summed E-state index contributed by atoms with van der Waals surface area (Å²) in [6.45, 7) is 4.80. The molecule has 8 nitrogen and oxygen atoms in total. The molecule has 0 bridgehead atoms. The topological polar surface area (TPSA) is 102 Å². The third kappa shape index (κ3) is 4.37. The van der Waals surface area contributed by atoms with Gasteiger partial charge < -0.3 is 9.64 Å². The summed E-state index contributed by atoms with van der Waals surface area (Å²) in [7, 11) is -3.94. The van der Waals surface area contributed by atoms with Crippen molar-refractivity contribution in [3.05, 3.63) is 58.6 Å². The van der Waals surface area contributed by atoms with Gasteiger partial charge in [0.2, 0.25) is 0 Å². The molecule has 0 saturated carbocycles. The molecule has 3 rings (SSSR count).